The smallest absolute Gasteiger partial charge is 0.257 e. The largest absolute Gasteiger partial charge is 0.366 e. The zero-order valence-electron chi connectivity index (χ0n) is 12.7. The monoisotopic (exact) mass is 296 g/mol. The molecule has 0 unspecified atom stereocenters. The standard InChI is InChI=1S/C17H20N4O/c1-12-6-2-5-9-14(12)17(22)19-16-11-10-15(20-21-16)18-13-7-3-4-8-13/h2,5-6,9-11,13H,3-4,7-8H2,1H3,(H,18,20)(H,19,21,22). The maximum Gasteiger partial charge on any atom is 0.257 e. The summed E-state index contributed by atoms with van der Waals surface area (Å²) in [5.41, 5.74) is 1.59. The highest BCUT2D eigenvalue weighted by Gasteiger charge is 2.15. The number of hydrogen-bond acceptors (Lipinski definition) is 4. The Morgan fingerprint density at radius 3 is 2.41 bits per heavy atom. The van der Waals surface area contributed by atoms with Gasteiger partial charge < -0.3 is 10.6 Å². The summed E-state index contributed by atoms with van der Waals surface area (Å²) in [5.74, 6) is 1.06. The van der Waals surface area contributed by atoms with Gasteiger partial charge in [0.05, 0.1) is 0 Å². The molecule has 3 rings (SSSR count). The highest BCUT2D eigenvalue weighted by atomic mass is 16.1. The Morgan fingerprint density at radius 1 is 1.05 bits per heavy atom. The molecule has 1 amide bonds. The predicted molar refractivity (Wildman–Crippen MR) is 87.0 cm³/mol. The zero-order chi connectivity index (χ0) is 15.4. The molecule has 1 heterocycles. The lowest BCUT2D eigenvalue weighted by Gasteiger charge is -2.12. The summed E-state index contributed by atoms with van der Waals surface area (Å²) in [5, 5.41) is 14.4. The van der Waals surface area contributed by atoms with Crippen LogP contribution in [0, 0.1) is 6.92 Å². The summed E-state index contributed by atoms with van der Waals surface area (Å²) in [7, 11) is 0. The molecule has 0 aliphatic heterocycles. The summed E-state index contributed by atoms with van der Waals surface area (Å²) in [6, 6.07) is 11.6. The van der Waals surface area contributed by atoms with Crippen LogP contribution >= 0.6 is 0 Å². The van der Waals surface area contributed by atoms with Crippen LogP contribution in [0.1, 0.15) is 41.6 Å². The van der Waals surface area contributed by atoms with Gasteiger partial charge in [0.2, 0.25) is 0 Å². The van der Waals surface area contributed by atoms with Crippen molar-refractivity contribution >= 4 is 17.5 Å². The lowest BCUT2D eigenvalue weighted by molar-refractivity contribution is 0.102. The van der Waals surface area contributed by atoms with Crippen molar-refractivity contribution < 1.29 is 4.79 Å². The summed E-state index contributed by atoms with van der Waals surface area (Å²) in [4.78, 5) is 12.2. The fraction of sp³-hybridized carbons (Fsp3) is 0.353. The van der Waals surface area contributed by atoms with Crippen LogP contribution in [0.25, 0.3) is 0 Å². The van der Waals surface area contributed by atoms with Gasteiger partial charge in [0.25, 0.3) is 5.91 Å². The van der Waals surface area contributed by atoms with Gasteiger partial charge in [-0.2, -0.15) is 0 Å². The number of aryl methyl sites for hydroxylation is 1. The Kier molecular flexibility index (Phi) is 4.32. The van der Waals surface area contributed by atoms with Crippen molar-refractivity contribution in [3.05, 3.63) is 47.5 Å². The average Bonchev–Trinajstić information content (AvgIpc) is 3.02. The Labute approximate surface area is 130 Å². The molecule has 5 nitrogen and oxygen atoms in total. The molecule has 0 atom stereocenters. The third-order valence-electron chi connectivity index (χ3n) is 4.00. The van der Waals surface area contributed by atoms with Gasteiger partial charge in [-0.3, -0.25) is 4.79 Å². The Morgan fingerprint density at radius 2 is 1.73 bits per heavy atom. The minimum Gasteiger partial charge on any atom is -0.366 e. The van der Waals surface area contributed by atoms with Gasteiger partial charge in [0, 0.05) is 11.6 Å². The molecular weight excluding hydrogens is 276 g/mol. The van der Waals surface area contributed by atoms with E-state index >= 15 is 0 Å². The molecule has 0 bridgehead atoms. The lowest BCUT2D eigenvalue weighted by atomic mass is 10.1. The molecule has 114 valence electrons. The zero-order valence-corrected chi connectivity index (χ0v) is 12.7. The van der Waals surface area contributed by atoms with E-state index < -0.39 is 0 Å². The van der Waals surface area contributed by atoms with Crippen molar-refractivity contribution in [2.75, 3.05) is 10.6 Å². The summed E-state index contributed by atoms with van der Waals surface area (Å²) < 4.78 is 0. The van der Waals surface area contributed by atoms with E-state index in [1.165, 1.54) is 25.7 Å². The number of rotatable bonds is 4. The van der Waals surface area contributed by atoms with Gasteiger partial charge in [-0.25, -0.2) is 0 Å². The number of nitrogens with one attached hydrogen (secondary N) is 2. The van der Waals surface area contributed by atoms with Crippen LogP contribution in [0.3, 0.4) is 0 Å². The Hall–Kier alpha value is -2.43. The molecule has 1 aromatic heterocycles. The van der Waals surface area contributed by atoms with E-state index in [0.29, 0.717) is 17.4 Å². The van der Waals surface area contributed by atoms with E-state index in [9.17, 15) is 4.79 Å². The first kappa shape index (κ1) is 14.5. The number of nitrogens with zero attached hydrogens (tertiary/aromatic N) is 2. The number of amides is 1. The van der Waals surface area contributed by atoms with Crippen LogP contribution in [-0.2, 0) is 0 Å². The molecule has 5 heteroatoms. The minimum absolute atomic E-state index is 0.163. The Balaban J connectivity index is 1.63. The molecule has 1 aliphatic carbocycles. The van der Waals surface area contributed by atoms with Crippen molar-refractivity contribution in [3.63, 3.8) is 0 Å². The first-order valence-electron chi connectivity index (χ1n) is 7.69. The third-order valence-corrected chi connectivity index (χ3v) is 4.00. The lowest BCUT2D eigenvalue weighted by Crippen LogP contribution is -2.17. The fourth-order valence-electron chi connectivity index (χ4n) is 2.77. The molecule has 1 aromatic carbocycles. The molecule has 0 spiro atoms. The van der Waals surface area contributed by atoms with Crippen molar-refractivity contribution in [2.24, 2.45) is 0 Å². The topological polar surface area (TPSA) is 66.9 Å². The third kappa shape index (κ3) is 3.42. The number of aromatic nitrogens is 2. The maximum atomic E-state index is 12.2. The molecule has 0 saturated heterocycles. The maximum absolute atomic E-state index is 12.2. The van der Waals surface area contributed by atoms with E-state index in [-0.39, 0.29) is 5.91 Å². The quantitative estimate of drug-likeness (QED) is 0.907. The van der Waals surface area contributed by atoms with Gasteiger partial charge in [-0.15, -0.1) is 10.2 Å². The molecule has 22 heavy (non-hydrogen) atoms. The van der Waals surface area contributed by atoms with Crippen LogP contribution in [-0.4, -0.2) is 22.1 Å². The SMILES string of the molecule is Cc1ccccc1C(=O)Nc1ccc(NC2CCCC2)nn1. The van der Waals surface area contributed by atoms with Crippen LogP contribution in [0.5, 0.6) is 0 Å². The van der Waals surface area contributed by atoms with Gasteiger partial charge in [0.1, 0.15) is 5.82 Å². The highest BCUT2D eigenvalue weighted by molar-refractivity contribution is 6.04. The van der Waals surface area contributed by atoms with Crippen molar-refractivity contribution in [3.8, 4) is 0 Å². The fourth-order valence-corrected chi connectivity index (χ4v) is 2.77. The number of anilines is 2. The summed E-state index contributed by atoms with van der Waals surface area (Å²) >= 11 is 0. The van der Waals surface area contributed by atoms with E-state index in [4.69, 9.17) is 0 Å². The Bertz CT molecular complexity index is 648. The second-order valence-electron chi connectivity index (χ2n) is 5.70. The molecule has 2 N–H and O–H groups in total. The van der Waals surface area contributed by atoms with E-state index in [2.05, 4.69) is 20.8 Å². The molecule has 1 aliphatic rings. The second-order valence-corrected chi connectivity index (χ2v) is 5.70. The van der Waals surface area contributed by atoms with Gasteiger partial charge in [-0.05, 0) is 43.5 Å². The normalized spacial score (nSPS) is 14.8. The number of carbonyl (C=O) groups is 1. The van der Waals surface area contributed by atoms with Crippen molar-refractivity contribution in [1.29, 1.82) is 0 Å². The molecule has 1 fully saturated rings. The van der Waals surface area contributed by atoms with Gasteiger partial charge in [0.15, 0.2) is 5.82 Å². The van der Waals surface area contributed by atoms with E-state index in [1.54, 1.807) is 12.1 Å². The number of carbonyl (C=O) groups excluding carboxylic acids is 1. The first-order valence-corrected chi connectivity index (χ1v) is 7.69. The molecule has 0 radical (unpaired) electrons. The molecule has 1 saturated carbocycles. The predicted octanol–water partition coefficient (Wildman–Crippen LogP) is 3.39. The number of benzene rings is 1. The van der Waals surface area contributed by atoms with Gasteiger partial charge >= 0.3 is 0 Å². The van der Waals surface area contributed by atoms with Crippen molar-refractivity contribution in [2.45, 2.75) is 38.6 Å². The second kappa shape index (κ2) is 6.56. The average molecular weight is 296 g/mol. The highest BCUT2D eigenvalue weighted by Crippen LogP contribution is 2.21. The van der Waals surface area contributed by atoms with E-state index in [0.717, 1.165) is 11.4 Å². The summed E-state index contributed by atoms with van der Waals surface area (Å²) in [6.07, 6.45) is 4.92. The van der Waals surface area contributed by atoms with E-state index in [1.807, 2.05) is 31.2 Å². The van der Waals surface area contributed by atoms with Crippen LogP contribution in [0.2, 0.25) is 0 Å². The van der Waals surface area contributed by atoms with Crippen LogP contribution < -0.4 is 10.6 Å². The molecule has 2 aromatic rings. The van der Waals surface area contributed by atoms with Crippen LogP contribution in [0.15, 0.2) is 36.4 Å². The number of hydrogen-bond donors (Lipinski definition) is 2. The first-order chi connectivity index (χ1) is 10.7. The molecular formula is C17H20N4O. The van der Waals surface area contributed by atoms with Gasteiger partial charge in [-0.1, -0.05) is 31.0 Å². The summed E-state index contributed by atoms with van der Waals surface area (Å²) in [6.45, 7) is 1.91. The van der Waals surface area contributed by atoms with Crippen molar-refractivity contribution in [1.82, 2.24) is 10.2 Å². The minimum atomic E-state index is -0.163. The van der Waals surface area contributed by atoms with Crippen LogP contribution in [0.4, 0.5) is 11.6 Å².